The van der Waals surface area contributed by atoms with Crippen molar-refractivity contribution in [2.45, 2.75) is 31.8 Å². The van der Waals surface area contributed by atoms with Gasteiger partial charge in [0.15, 0.2) is 0 Å². The van der Waals surface area contributed by atoms with Crippen LogP contribution in [-0.4, -0.2) is 56.5 Å². The molecule has 8 nitrogen and oxygen atoms in total. The van der Waals surface area contributed by atoms with Gasteiger partial charge in [0, 0.05) is 13.0 Å². The number of carbonyl (C=O) groups is 3. The summed E-state index contributed by atoms with van der Waals surface area (Å²) >= 11 is 0. The first-order chi connectivity index (χ1) is 8.19. The highest BCUT2D eigenvalue weighted by atomic mass is 16.4. The molecule has 0 aromatic heterocycles. The van der Waals surface area contributed by atoms with Crippen molar-refractivity contribution in [3.63, 3.8) is 0 Å². The first-order valence-electron chi connectivity index (χ1n) is 5.26. The van der Waals surface area contributed by atoms with Gasteiger partial charge in [-0.2, -0.15) is 0 Å². The first kappa shape index (κ1) is 16.3. The van der Waals surface area contributed by atoms with Gasteiger partial charge in [0.05, 0.1) is 5.92 Å². The van der Waals surface area contributed by atoms with Crippen LogP contribution in [0.15, 0.2) is 0 Å². The lowest BCUT2D eigenvalue weighted by Gasteiger charge is -2.35. The highest BCUT2D eigenvalue weighted by molar-refractivity contribution is 5.87. The lowest BCUT2D eigenvalue weighted by Crippen LogP contribution is -2.63. The zero-order chi connectivity index (χ0) is 14.5. The smallest absolute Gasteiger partial charge is 0.324 e. The van der Waals surface area contributed by atoms with Crippen molar-refractivity contribution in [2.24, 2.45) is 5.92 Å². The summed E-state index contributed by atoms with van der Waals surface area (Å²) in [5, 5.41) is 38.0. The van der Waals surface area contributed by atoms with E-state index >= 15 is 0 Å². The van der Waals surface area contributed by atoms with Gasteiger partial charge in [0.1, 0.15) is 11.6 Å². The van der Waals surface area contributed by atoms with Gasteiger partial charge in [-0.15, -0.1) is 0 Å². The zero-order valence-corrected chi connectivity index (χ0v) is 10.1. The fourth-order valence-corrected chi connectivity index (χ4v) is 1.60. The summed E-state index contributed by atoms with van der Waals surface area (Å²) in [4.78, 5) is 33.0. The third kappa shape index (κ3) is 3.41. The van der Waals surface area contributed by atoms with Crippen LogP contribution in [0, 0.1) is 5.92 Å². The summed E-state index contributed by atoms with van der Waals surface area (Å²) in [5.41, 5.74) is -2.03. The third-order valence-electron chi connectivity index (χ3n) is 2.84. The van der Waals surface area contributed by atoms with Crippen LogP contribution in [0.4, 0.5) is 0 Å². The topological polar surface area (TPSA) is 144 Å². The van der Waals surface area contributed by atoms with E-state index in [9.17, 15) is 19.5 Å². The monoisotopic (exact) mass is 263 g/mol. The van der Waals surface area contributed by atoms with E-state index in [1.807, 2.05) is 0 Å². The molecule has 3 atom stereocenters. The summed E-state index contributed by atoms with van der Waals surface area (Å²) in [6, 6.07) is -1.26. The molecule has 0 heterocycles. The third-order valence-corrected chi connectivity index (χ3v) is 2.84. The van der Waals surface area contributed by atoms with E-state index in [0.717, 1.165) is 6.92 Å². The Labute approximate surface area is 103 Å². The molecular weight excluding hydrogens is 246 g/mol. The van der Waals surface area contributed by atoms with Crippen LogP contribution in [0.3, 0.4) is 0 Å². The molecule has 0 radical (unpaired) electrons. The van der Waals surface area contributed by atoms with Gasteiger partial charge >= 0.3 is 17.9 Å². The Morgan fingerprint density at radius 3 is 1.89 bits per heavy atom. The molecule has 3 unspecified atom stereocenters. The second kappa shape index (κ2) is 6.31. The Bertz CT molecular complexity index is 343. The van der Waals surface area contributed by atoms with Crippen molar-refractivity contribution in [3.05, 3.63) is 0 Å². The maximum atomic E-state index is 11.3. The molecule has 5 N–H and O–H groups in total. The molecule has 0 rings (SSSR count). The standard InChI is InChI=1S/C10H17NO7/c1-5(7(13)14)10(3-4-12,9(17)18)11-6(2)8(15)16/h5-6,11-12H,3-4H2,1-2H3,(H,13,14)(H,15,16)(H,17,18). The van der Waals surface area contributed by atoms with E-state index in [-0.39, 0.29) is 0 Å². The quantitative estimate of drug-likeness (QED) is 0.374. The lowest BCUT2D eigenvalue weighted by atomic mass is 9.81. The highest BCUT2D eigenvalue weighted by Crippen LogP contribution is 2.23. The molecule has 0 aliphatic carbocycles. The van der Waals surface area contributed by atoms with Gasteiger partial charge in [-0.05, 0) is 13.8 Å². The molecule has 0 aliphatic heterocycles. The molecule has 0 bridgehead atoms. The van der Waals surface area contributed by atoms with E-state index in [1.54, 1.807) is 0 Å². The summed E-state index contributed by atoms with van der Waals surface area (Å²) in [6.07, 6.45) is -0.409. The minimum absolute atomic E-state index is 0.409. The number of hydrogen-bond donors (Lipinski definition) is 5. The predicted octanol–water partition coefficient (Wildman–Crippen LogP) is -1.02. The summed E-state index contributed by atoms with van der Waals surface area (Å²) in [7, 11) is 0. The zero-order valence-electron chi connectivity index (χ0n) is 10.1. The van der Waals surface area contributed by atoms with Crippen LogP contribution in [0.2, 0.25) is 0 Å². The Morgan fingerprint density at radius 1 is 1.11 bits per heavy atom. The first-order valence-corrected chi connectivity index (χ1v) is 5.26. The number of rotatable bonds is 8. The minimum Gasteiger partial charge on any atom is -0.481 e. The van der Waals surface area contributed by atoms with E-state index in [0.29, 0.717) is 0 Å². The average Bonchev–Trinajstić information content (AvgIpc) is 2.26. The summed E-state index contributed by atoms with van der Waals surface area (Å²) in [6.45, 7) is 1.77. The van der Waals surface area contributed by atoms with Crippen LogP contribution in [-0.2, 0) is 14.4 Å². The van der Waals surface area contributed by atoms with E-state index in [2.05, 4.69) is 5.32 Å². The highest BCUT2D eigenvalue weighted by Gasteiger charge is 2.48. The second-order valence-corrected chi connectivity index (χ2v) is 4.01. The Kier molecular flexibility index (Phi) is 5.73. The van der Waals surface area contributed by atoms with Crippen molar-refractivity contribution in [1.29, 1.82) is 0 Å². The minimum atomic E-state index is -2.03. The van der Waals surface area contributed by atoms with Crippen LogP contribution in [0.1, 0.15) is 20.3 Å². The number of aliphatic hydroxyl groups is 1. The second-order valence-electron chi connectivity index (χ2n) is 4.01. The van der Waals surface area contributed by atoms with E-state index in [4.69, 9.17) is 15.3 Å². The van der Waals surface area contributed by atoms with Gasteiger partial charge < -0.3 is 20.4 Å². The molecular formula is C10H17NO7. The molecule has 8 heteroatoms. The van der Waals surface area contributed by atoms with Crippen LogP contribution in [0.25, 0.3) is 0 Å². The molecule has 104 valence electrons. The van der Waals surface area contributed by atoms with Crippen LogP contribution in [0.5, 0.6) is 0 Å². The number of aliphatic hydroxyl groups excluding tert-OH is 1. The Hall–Kier alpha value is -1.67. The Balaban J connectivity index is 5.41. The van der Waals surface area contributed by atoms with E-state index < -0.39 is 48.4 Å². The molecule has 0 saturated carbocycles. The van der Waals surface area contributed by atoms with Gasteiger partial charge in [0.25, 0.3) is 0 Å². The molecule has 0 aliphatic rings. The molecule has 0 saturated heterocycles. The molecule has 0 aromatic rings. The van der Waals surface area contributed by atoms with Crippen molar-refractivity contribution >= 4 is 17.9 Å². The number of carboxylic acid groups (broad SMARTS) is 3. The largest absolute Gasteiger partial charge is 0.481 e. The number of carboxylic acids is 3. The van der Waals surface area contributed by atoms with Crippen LogP contribution < -0.4 is 5.32 Å². The van der Waals surface area contributed by atoms with Crippen molar-refractivity contribution in [3.8, 4) is 0 Å². The van der Waals surface area contributed by atoms with Crippen molar-refractivity contribution in [2.75, 3.05) is 6.61 Å². The lowest BCUT2D eigenvalue weighted by molar-refractivity contribution is -0.159. The number of aliphatic carboxylic acids is 3. The Morgan fingerprint density at radius 2 is 1.61 bits per heavy atom. The molecule has 18 heavy (non-hydrogen) atoms. The van der Waals surface area contributed by atoms with Gasteiger partial charge in [-0.1, -0.05) is 0 Å². The summed E-state index contributed by atoms with van der Waals surface area (Å²) < 4.78 is 0. The predicted molar refractivity (Wildman–Crippen MR) is 59.1 cm³/mol. The number of hydrogen-bond acceptors (Lipinski definition) is 5. The SMILES string of the molecule is CC(NC(CCO)(C(=O)O)C(C)C(=O)O)C(=O)O. The number of nitrogens with one attached hydrogen (secondary N) is 1. The van der Waals surface area contributed by atoms with Crippen molar-refractivity contribution < 1.29 is 34.8 Å². The van der Waals surface area contributed by atoms with Gasteiger partial charge in [0.2, 0.25) is 0 Å². The normalized spacial score (nSPS) is 17.5. The molecule has 0 fully saturated rings. The molecule has 0 spiro atoms. The maximum absolute atomic E-state index is 11.3. The molecule has 0 amide bonds. The van der Waals surface area contributed by atoms with Crippen molar-refractivity contribution in [1.82, 2.24) is 5.32 Å². The maximum Gasteiger partial charge on any atom is 0.324 e. The van der Waals surface area contributed by atoms with E-state index in [1.165, 1.54) is 6.92 Å². The fraction of sp³-hybridized carbons (Fsp3) is 0.700. The summed E-state index contributed by atoms with van der Waals surface area (Å²) in [5.74, 6) is -5.62. The van der Waals surface area contributed by atoms with Crippen LogP contribution >= 0.6 is 0 Å². The molecule has 0 aromatic carbocycles. The van der Waals surface area contributed by atoms with Gasteiger partial charge in [-0.25, -0.2) is 0 Å². The average molecular weight is 263 g/mol. The van der Waals surface area contributed by atoms with Gasteiger partial charge in [-0.3, -0.25) is 19.7 Å². The fourth-order valence-electron chi connectivity index (χ4n) is 1.60.